The number of amides is 2. The molecular formula is C17H24N2O2. The van der Waals surface area contributed by atoms with Crippen LogP contribution in [0.25, 0.3) is 0 Å². The lowest BCUT2D eigenvalue weighted by atomic mass is 9.92. The van der Waals surface area contributed by atoms with Crippen LogP contribution in [0.3, 0.4) is 0 Å². The molecule has 21 heavy (non-hydrogen) atoms. The maximum Gasteiger partial charge on any atom is 0.248 e. The van der Waals surface area contributed by atoms with Crippen LogP contribution in [-0.4, -0.2) is 28.3 Å². The molecule has 1 aromatic carbocycles. The smallest absolute Gasteiger partial charge is 0.248 e. The monoisotopic (exact) mass is 288 g/mol. The minimum absolute atomic E-state index is 0.00309. The minimum atomic E-state index is -0.785. The molecule has 1 aliphatic heterocycles. The summed E-state index contributed by atoms with van der Waals surface area (Å²) >= 11 is 0. The summed E-state index contributed by atoms with van der Waals surface area (Å²) in [7, 11) is 0. The van der Waals surface area contributed by atoms with Gasteiger partial charge < -0.3 is 10.2 Å². The van der Waals surface area contributed by atoms with Gasteiger partial charge in [0, 0.05) is 6.54 Å². The normalized spacial score (nSPS) is 25.9. The Labute approximate surface area is 126 Å². The molecule has 1 N–H and O–H groups in total. The standard InChI is InChI=1S/C17H24N2O2/c1-5-13-7-9-14(10-8-13)11-19-12(3)15(20)18-17(4,6-2)16(19)21/h7-10,12H,5-6,11H2,1-4H3,(H,18,20). The zero-order valence-electron chi connectivity index (χ0n) is 13.3. The number of nitrogens with one attached hydrogen (secondary N) is 1. The van der Waals surface area contributed by atoms with E-state index >= 15 is 0 Å². The van der Waals surface area contributed by atoms with Gasteiger partial charge in [-0.2, -0.15) is 0 Å². The highest BCUT2D eigenvalue weighted by Gasteiger charge is 2.45. The fourth-order valence-corrected chi connectivity index (χ4v) is 2.59. The lowest BCUT2D eigenvalue weighted by molar-refractivity contribution is -0.154. The van der Waals surface area contributed by atoms with Crippen LogP contribution in [0.4, 0.5) is 0 Å². The van der Waals surface area contributed by atoms with E-state index in [-0.39, 0.29) is 11.8 Å². The molecule has 0 aromatic heterocycles. The number of rotatable bonds is 4. The predicted molar refractivity (Wildman–Crippen MR) is 82.7 cm³/mol. The molecule has 0 bridgehead atoms. The zero-order valence-corrected chi connectivity index (χ0v) is 13.3. The van der Waals surface area contributed by atoms with Crippen LogP contribution in [0.15, 0.2) is 24.3 Å². The molecule has 0 spiro atoms. The van der Waals surface area contributed by atoms with Gasteiger partial charge in [-0.15, -0.1) is 0 Å². The van der Waals surface area contributed by atoms with Crippen LogP contribution in [0.2, 0.25) is 0 Å². The summed E-state index contributed by atoms with van der Waals surface area (Å²) in [6, 6.07) is 7.80. The van der Waals surface area contributed by atoms with Crippen molar-refractivity contribution >= 4 is 11.8 Å². The van der Waals surface area contributed by atoms with E-state index in [9.17, 15) is 9.59 Å². The molecule has 4 heteroatoms. The Morgan fingerprint density at radius 2 is 1.71 bits per heavy atom. The maximum atomic E-state index is 12.7. The third-order valence-corrected chi connectivity index (χ3v) is 4.47. The summed E-state index contributed by atoms with van der Waals surface area (Å²) in [6.45, 7) is 8.09. The average molecular weight is 288 g/mol. The predicted octanol–water partition coefficient (Wildman–Crippen LogP) is 2.26. The number of piperazine rings is 1. The molecule has 2 amide bonds. The molecule has 0 saturated carbocycles. The summed E-state index contributed by atoms with van der Waals surface area (Å²) in [4.78, 5) is 26.5. The van der Waals surface area contributed by atoms with Gasteiger partial charge in [-0.25, -0.2) is 0 Å². The molecule has 2 rings (SSSR count). The van der Waals surface area contributed by atoms with Gasteiger partial charge >= 0.3 is 0 Å². The van der Waals surface area contributed by atoms with E-state index < -0.39 is 11.6 Å². The third-order valence-electron chi connectivity index (χ3n) is 4.47. The van der Waals surface area contributed by atoms with Crippen molar-refractivity contribution in [2.24, 2.45) is 0 Å². The molecule has 1 aliphatic rings. The van der Waals surface area contributed by atoms with E-state index in [0.717, 1.165) is 12.0 Å². The Kier molecular flexibility index (Phi) is 4.35. The van der Waals surface area contributed by atoms with Crippen molar-refractivity contribution in [1.82, 2.24) is 10.2 Å². The van der Waals surface area contributed by atoms with E-state index in [4.69, 9.17) is 0 Å². The van der Waals surface area contributed by atoms with Crippen molar-refractivity contribution in [3.05, 3.63) is 35.4 Å². The number of carbonyl (C=O) groups excluding carboxylic acids is 2. The largest absolute Gasteiger partial charge is 0.340 e. The Hall–Kier alpha value is -1.84. The molecule has 4 nitrogen and oxygen atoms in total. The molecule has 2 unspecified atom stereocenters. The lowest BCUT2D eigenvalue weighted by Crippen LogP contribution is -2.68. The van der Waals surface area contributed by atoms with Crippen LogP contribution in [0.1, 0.15) is 45.2 Å². The van der Waals surface area contributed by atoms with Gasteiger partial charge in [0.25, 0.3) is 0 Å². The highest BCUT2D eigenvalue weighted by molar-refractivity contribution is 5.99. The van der Waals surface area contributed by atoms with E-state index in [1.807, 2.05) is 19.1 Å². The summed E-state index contributed by atoms with van der Waals surface area (Å²) in [5.74, 6) is -0.0826. The Morgan fingerprint density at radius 3 is 2.24 bits per heavy atom. The van der Waals surface area contributed by atoms with Crippen molar-refractivity contribution < 1.29 is 9.59 Å². The molecule has 0 aliphatic carbocycles. The van der Waals surface area contributed by atoms with Gasteiger partial charge in [0.1, 0.15) is 11.6 Å². The second-order valence-corrected chi connectivity index (χ2v) is 5.95. The Balaban J connectivity index is 2.22. The molecule has 1 aromatic rings. The number of hydrogen-bond donors (Lipinski definition) is 1. The fourth-order valence-electron chi connectivity index (χ4n) is 2.59. The van der Waals surface area contributed by atoms with E-state index in [1.54, 1.807) is 18.7 Å². The van der Waals surface area contributed by atoms with Crippen molar-refractivity contribution in [3.8, 4) is 0 Å². The summed E-state index contributed by atoms with van der Waals surface area (Å²) < 4.78 is 0. The summed E-state index contributed by atoms with van der Waals surface area (Å²) in [6.07, 6.45) is 1.59. The third kappa shape index (κ3) is 2.94. The van der Waals surface area contributed by atoms with Crippen LogP contribution in [-0.2, 0) is 22.6 Å². The van der Waals surface area contributed by atoms with Gasteiger partial charge in [0.05, 0.1) is 0 Å². The van der Waals surface area contributed by atoms with Crippen LogP contribution in [0.5, 0.6) is 0 Å². The molecule has 114 valence electrons. The number of benzene rings is 1. The maximum absolute atomic E-state index is 12.7. The fraction of sp³-hybridized carbons (Fsp3) is 0.529. The van der Waals surface area contributed by atoms with Gasteiger partial charge in [0.2, 0.25) is 11.8 Å². The molecule has 1 fully saturated rings. The molecular weight excluding hydrogens is 264 g/mol. The van der Waals surface area contributed by atoms with E-state index in [1.165, 1.54) is 5.56 Å². The first kappa shape index (κ1) is 15.5. The molecule has 2 atom stereocenters. The Morgan fingerprint density at radius 1 is 1.14 bits per heavy atom. The lowest BCUT2D eigenvalue weighted by Gasteiger charge is -2.43. The minimum Gasteiger partial charge on any atom is -0.340 e. The number of nitrogens with zero attached hydrogens (tertiary/aromatic N) is 1. The molecule has 1 heterocycles. The van der Waals surface area contributed by atoms with Gasteiger partial charge in [-0.3, -0.25) is 9.59 Å². The summed E-state index contributed by atoms with van der Waals surface area (Å²) in [5.41, 5.74) is 1.54. The van der Waals surface area contributed by atoms with E-state index in [2.05, 4.69) is 24.4 Å². The van der Waals surface area contributed by atoms with Crippen molar-refractivity contribution in [2.45, 2.75) is 58.7 Å². The van der Waals surface area contributed by atoms with Gasteiger partial charge in [-0.1, -0.05) is 38.1 Å². The number of carbonyl (C=O) groups is 2. The SMILES string of the molecule is CCc1ccc(CN2C(=O)C(C)(CC)NC(=O)C2C)cc1. The first-order valence-electron chi connectivity index (χ1n) is 7.62. The van der Waals surface area contributed by atoms with Crippen LogP contribution < -0.4 is 5.32 Å². The van der Waals surface area contributed by atoms with Crippen LogP contribution >= 0.6 is 0 Å². The van der Waals surface area contributed by atoms with E-state index in [0.29, 0.717) is 13.0 Å². The highest BCUT2D eigenvalue weighted by Crippen LogP contribution is 2.23. The molecule has 1 saturated heterocycles. The quantitative estimate of drug-likeness (QED) is 0.924. The zero-order chi connectivity index (χ0) is 15.6. The second-order valence-electron chi connectivity index (χ2n) is 5.95. The van der Waals surface area contributed by atoms with Crippen molar-refractivity contribution in [3.63, 3.8) is 0 Å². The second kappa shape index (κ2) is 5.88. The van der Waals surface area contributed by atoms with Crippen molar-refractivity contribution in [2.75, 3.05) is 0 Å². The van der Waals surface area contributed by atoms with Crippen LogP contribution in [0, 0.1) is 0 Å². The number of aryl methyl sites for hydroxylation is 1. The Bertz CT molecular complexity index is 538. The highest BCUT2D eigenvalue weighted by atomic mass is 16.2. The summed E-state index contributed by atoms with van der Waals surface area (Å²) in [5, 5.41) is 2.85. The average Bonchev–Trinajstić information content (AvgIpc) is 2.50. The van der Waals surface area contributed by atoms with Gasteiger partial charge in [0.15, 0.2) is 0 Å². The van der Waals surface area contributed by atoms with Gasteiger partial charge in [-0.05, 0) is 37.8 Å². The van der Waals surface area contributed by atoms with Crippen molar-refractivity contribution in [1.29, 1.82) is 0 Å². The molecule has 0 radical (unpaired) electrons. The topological polar surface area (TPSA) is 49.4 Å². The first-order valence-corrected chi connectivity index (χ1v) is 7.62. The number of hydrogen-bond acceptors (Lipinski definition) is 2. The first-order chi connectivity index (χ1) is 9.91.